The Balaban J connectivity index is 2.24. The smallest absolute Gasteiger partial charge is 0.0718 e. The minimum absolute atomic E-state index is 0.115. The first-order chi connectivity index (χ1) is 7.74. The largest absolute Gasteiger partial charge is 0.392 e. The zero-order valence-electron chi connectivity index (χ0n) is 10.4. The quantitative estimate of drug-likeness (QED) is 0.781. The molecule has 1 heterocycles. The number of aryl methyl sites for hydroxylation is 1. The van der Waals surface area contributed by atoms with E-state index in [9.17, 15) is 5.11 Å². The fourth-order valence-corrected chi connectivity index (χ4v) is 2.78. The fraction of sp³-hybridized carbons (Fsp3) is 0.769. The predicted molar refractivity (Wildman–Crippen MR) is 64.4 cm³/mol. The van der Waals surface area contributed by atoms with Crippen LogP contribution in [0.3, 0.4) is 0 Å². The van der Waals surface area contributed by atoms with Gasteiger partial charge in [-0.2, -0.15) is 5.10 Å². The Morgan fingerprint density at radius 1 is 1.19 bits per heavy atom. The third kappa shape index (κ3) is 2.14. The Kier molecular flexibility index (Phi) is 3.64. The van der Waals surface area contributed by atoms with E-state index in [1.807, 2.05) is 6.92 Å². The van der Waals surface area contributed by atoms with Crippen LogP contribution in [0.25, 0.3) is 0 Å². The topological polar surface area (TPSA) is 38.0 Å². The van der Waals surface area contributed by atoms with Crippen LogP contribution in [0.15, 0.2) is 0 Å². The van der Waals surface area contributed by atoms with Gasteiger partial charge in [0.1, 0.15) is 0 Å². The van der Waals surface area contributed by atoms with Gasteiger partial charge in [0.25, 0.3) is 0 Å². The van der Waals surface area contributed by atoms with E-state index in [4.69, 9.17) is 0 Å². The van der Waals surface area contributed by atoms with Gasteiger partial charge in [-0.1, -0.05) is 25.7 Å². The van der Waals surface area contributed by atoms with Crippen LogP contribution in [0, 0.1) is 13.8 Å². The zero-order chi connectivity index (χ0) is 11.5. The highest BCUT2D eigenvalue weighted by molar-refractivity contribution is 5.23. The summed E-state index contributed by atoms with van der Waals surface area (Å²) in [5, 5.41) is 13.9. The number of nitrogens with zero attached hydrogens (tertiary/aromatic N) is 2. The van der Waals surface area contributed by atoms with Crippen LogP contribution in [-0.2, 0) is 6.61 Å². The summed E-state index contributed by atoms with van der Waals surface area (Å²) in [5.74, 6) is 0. The molecule has 0 aromatic carbocycles. The summed E-state index contributed by atoms with van der Waals surface area (Å²) < 4.78 is 2.16. The van der Waals surface area contributed by atoms with Gasteiger partial charge in [0.15, 0.2) is 0 Å². The van der Waals surface area contributed by atoms with Crippen LogP contribution in [0.4, 0.5) is 0 Å². The SMILES string of the molecule is Cc1nn(C2CCCCCC2)c(C)c1CO. The van der Waals surface area contributed by atoms with Crippen molar-refractivity contribution in [3.63, 3.8) is 0 Å². The molecule has 2 rings (SSSR count). The molecule has 0 atom stereocenters. The van der Waals surface area contributed by atoms with E-state index in [0.717, 1.165) is 17.0 Å². The molecule has 1 aromatic rings. The van der Waals surface area contributed by atoms with Gasteiger partial charge in [-0.3, -0.25) is 4.68 Å². The van der Waals surface area contributed by atoms with Crippen LogP contribution in [0.2, 0.25) is 0 Å². The molecule has 0 radical (unpaired) electrons. The lowest BCUT2D eigenvalue weighted by Crippen LogP contribution is -2.11. The Morgan fingerprint density at radius 3 is 2.31 bits per heavy atom. The predicted octanol–water partition coefficient (Wildman–Crippen LogP) is 2.89. The Hall–Kier alpha value is -0.830. The minimum Gasteiger partial charge on any atom is -0.392 e. The Labute approximate surface area is 97.5 Å². The summed E-state index contributed by atoms with van der Waals surface area (Å²) in [6, 6.07) is 0.557. The molecule has 1 aliphatic carbocycles. The highest BCUT2D eigenvalue weighted by Gasteiger charge is 2.19. The fourth-order valence-electron chi connectivity index (χ4n) is 2.78. The molecule has 0 spiro atoms. The van der Waals surface area contributed by atoms with E-state index >= 15 is 0 Å². The number of aliphatic hydroxyl groups is 1. The molecule has 1 aromatic heterocycles. The van der Waals surface area contributed by atoms with Crippen molar-refractivity contribution in [1.82, 2.24) is 9.78 Å². The van der Waals surface area contributed by atoms with Crippen molar-refractivity contribution < 1.29 is 5.11 Å². The Bertz CT molecular complexity index is 349. The van der Waals surface area contributed by atoms with Crippen molar-refractivity contribution in [3.05, 3.63) is 17.0 Å². The average molecular weight is 222 g/mol. The normalized spacial score (nSPS) is 18.7. The number of hydrogen-bond acceptors (Lipinski definition) is 2. The van der Waals surface area contributed by atoms with Crippen molar-refractivity contribution in [2.75, 3.05) is 0 Å². The first-order valence-electron chi connectivity index (χ1n) is 6.39. The molecule has 0 amide bonds. The summed E-state index contributed by atoms with van der Waals surface area (Å²) in [5.41, 5.74) is 3.17. The van der Waals surface area contributed by atoms with Gasteiger partial charge in [-0.25, -0.2) is 0 Å². The molecule has 3 heteroatoms. The molecule has 0 unspecified atom stereocenters. The minimum atomic E-state index is 0.115. The summed E-state index contributed by atoms with van der Waals surface area (Å²) in [6.07, 6.45) is 7.85. The molecule has 1 aliphatic rings. The van der Waals surface area contributed by atoms with E-state index in [2.05, 4.69) is 16.7 Å². The van der Waals surface area contributed by atoms with Gasteiger partial charge < -0.3 is 5.11 Å². The van der Waals surface area contributed by atoms with Crippen LogP contribution in [0.5, 0.6) is 0 Å². The number of aliphatic hydroxyl groups excluding tert-OH is 1. The van der Waals surface area contributed by atoms with Crippen LogP contribution in [0.1, 0.15) is 61.5 Å². The molecule has 90 valence electrons. The number of hydrogen-bond donors (Lipinski definition) is 1. The highest BCUT2D eigenvalue weighted by atomic mass is 16.3. The third-order valence-electron chi connectivity index (χ3n) is 3.80. The monoisotopic (exact) mass is 222 g/mol. The molecule has 1 fully saturated rings. The molecule has 0 saturated heterocycles. The molecule has 0 aliphatic heterocycles. The standard InChI is InChI=1S/C13H22N2O/c1-10-13(9-16)11(2)15(14-10)12-7-5-3-4-6-8-12/h12,16H,3-9H2,1-2H3. The summed E-state index contributed by atoms with van der Waals surface area (Å²) in [4.78, 5) is 0. The van der Waals surface area contributed by atoms with Gasteiger partial charge in [-0.15, -0.1) is 0 Å². The summed E-state index contributed by atoms with van der Waals surface area (Å²) in [6.45, 7) is 4.19. The third-order valence-corrected chi connectivity index (χ3v) is 3.80. The Morgan fingerprint density at radius 2 is 1.81 bits per heavy atom. The lowest BCUT2D eigenvalue weighted by Gasteiger charge is -2.16. The highest BCUT2D eigenvalue weighted by Crippen LogP contribution is 2.29. The number of aromatic nitrogens is 2. The summed E-state index contributed by atoms with van der Waals surface area (Å²) >= 11 is 0. The zero-order valence-corrected chi connectivity index (χ0v) is 10.4. The second-order valence-electron chi connectivity index (χ2n) is 4.90. The maximum Gasteiger partial charge on any atom is 0.0718 e. The van der Waals surface area contributed by atoms with Crippen molar-refractivity contribution in [1.29, 1.82) is 0 Å². The van der Waals surface area contributed by atoms with Crippen LogP contribution < -0.4 is 0 Å². The molecule has 3 nitrogen and oxygen atoms in total. The average Bonchev–Trinajstić information content (AvgIpc) is 2.49. The molecule has 1 N–H and O–H groups in total. The lowest BCUT2D eigenvalue weighted by molar-refractivity contribution is 0.279. The van der Waals surface area contributed by atoms with Crippen LogP contribution in [-0.4, -0.2) is 14.9 Å². The number of rotatable bonds is 2. The van der Waals surface area contributed by atoms with E-state index in [1.165, 1.54) is 38.5 Å². The molecule has 1 saturated carbocycles. The maximum atomic E-state index is 9.31. The van der Waals surface area contributed by atoms with E-state index in [-0.39, 0.29) is 6.61 Å². The van der Waals surface area contributed by atoms with E-state index in [1.54, 1.807) is 0 Å². The maximum absolute atomic E-state index is 9.31. The lowest BCUT2D eigenvalue weighted by atomic mass is 10.1. The van der Waals surface area contributed by atoms with E-state index in [0.29, 0.717) is 6.04 Å². The molecular weight excluding hydrogens is 200 g/mol. The second-order valence-corrected chi connectivity index (χ2v) is 4.90. The summed E-state index contributed by atoms with van der Waals surface area (Å²) in [7, 11) is 0. The van der Waals surface area contributed by atoms with Crippen molar-refractivity contribution in [3.8, 4) is 0 Å². The van der Waals surface area contributed by atoms with Crippen molar-refractivity contribution >= 4 is 0 Å². The second kappa shape index (κ2) is 5.00. The van der Waals surface area contributed by atoms with Crippen LogP contribution >= 0.6 is 0 Å². The first kappa shape index (κ1) is 11.6. The van der Waals surface area contributed by atoms with Gasteiger partial charge in [0, 0.05) is 11.3 Å². The molecule has 16 heavy (non-hydrogen) atoms. The van der Waals surface area contributed by atoms with Gasteiger partial charge >= 0.3 is 0 Å². The van der Waals surface area contributed by atoms with Gasteiger partial charge in [0.2, 0.25) is 0 Å². The molecule has 0 bridgehead atoms. The van der Waals surface area contributed by atoms with Gasteiger partial charge in [-0.05, 0) is 26.7 Å². The van der Waals surface area contributed by atoms with E-state index < -0.39 is 0 Å². The molecular formula is C13H22N2O. The van der Waals surface area contributed by atoms with Gasteiger partial charge in [0.05, 0.1) is 18.3 Å². The first-order valence-corrected chi connectivity index (χ1v) is 6.39. The van der Waals surface area contributed by atoms with Crippen molar-refractivity contribution in [2.24, 2.45) is 0 Å². The van der Waals surface area contributed by atoms with Crippen molar-refractivity contribution in [2.45, 2.75) is 65.0 Å².